The molecule has 0 amide bonds. The number of phenols is 1. The van der Waals surface area contributed by atoms with E-state index in [0.717, 1.165) is 12.1 Å². The van der Waals surface area contributed by atoms with Crippen molar-refractivity contribution in [1.29, 1.82) is 0 Å². The van der Waals surface area contributed by atoms with Crippen LogP contribution in [0.15, 0.2) is 18.2 Å². The van der Waals surface area contributed by atoms with Gasteiger partial charge in [0.2, 0.25) is 0 Å². The molecular formula is C14H21NO2S. The summed E-state index contributed by atoms with van der Waals surface area (Å²) in [6.07, 6.45) is 2.57. The standard InChI is InChI=1S/C14H21NO2S/c1-2-17-14-8-11(5-6-13(14)16)9-15-12-4-3-7-18-10-12/h5-6,8,12,15-16H,2-4,7,9-10H2,1H3. The molecular weight excluding hydrogens is 246 g/mol. The Morgan fingerprint density at radius 3 is 3.11 bits per heavy atom. The predicted molar refractivity (Wildman–Crippen MR) is 76.5 cm³/mol. The maximum atomic E-state index is 9.63. The number of ether oxygens (including phenoxy) is 1. The quantitative estimate of drug-likeness (QED) is 0.861. The highest BCUT2D eigenvalue weighted by Gasteiger charge is 2.13. The van der Waals surface area contributed by atoms with Gasteiger partial charge < -0.3 is 15.2 Å². The van der Waals surface area contributed by atoms with Gasteiger partial charge in [0.15, 0.2) is 11.5 Å². The lowest BCUT2D eigenvalue weighted by Crippen LogP contribution is -2.33. The van der Waals surface area contributed by atoms with Gasteiger partial charge in [-0.1, -0.05) is 6.07 Å². The summed E-state index contributed by atoms with van der Waals surface area (Å²) in [4.78, 5) is 0. The molecule has 0 saturated carbocycles. The molecule has 0 aromatic heterocycles. The summed E-state index contributed by atoms with van der Waals surface area (Å²) in [6, 6.07) is 6.19. The van der Waals surface area contributed by atoms with E-state index in [1.165, 1.54) is 24.3 Å². The third kappa shape index (κ3) is 3.82. The van der Waals surface area contributed by atoms with Crippen molar-refractivity contribution in [1.82, 2.24) is 5.32 Å². The molecule has 1 aliphatic rings. The highest BCUT2D eigenvalue weighted by Crippen LogP contribution is 2.27. The molecule has 18 heavy (non-hydrogen) atoms. The van der Waals surface area contributed by atoms with Gasteiger partial charge in [0.1, 0.15) is 0 Å². The minimum Gasteiger partial charge on any atom is -0.504 e. The molecule has 1 fully saturated rings. The molecule has 1 heterocycles. The molecule has 1 aromatic rings. The Bertz CT molecular complexity index is 378. The lowest BCUT2D eigenvalue weighted by Gasteiger charge is -2.22. The van der Waals surface area contributed by atoms with E-state index in [9.17, 15) is 5.11 Å². The van der Waals surface area contributed by atoms with Crippen LogP contribution >= 0.6 is 11.8 Å². The van der Waals surface area contributed by atoms with Crippen molar-refractivity contribution in [3.63, 3.8) is 0 Å². The molecule has 1 unspecified atom stereocenters. The second kappa shape index (κ2) is 6.90. The van der Waals surface area contributed by atoms with E-state index in [1.807, 2.05) is 30.8 Å². The largest absolute Gasteiger partial charge is 0.504 e. The lowest BCUT2D eigenvalue weighted by atomic mass is 10.1. The zero-order chi connectivity index (χ0) is 12.8. The van der Waals surface area contributed by atoms with Crippen LogP contribution in [0.4, 0.5) is 0 Å². The predicted octanol–water partition coefficient (Wildman–Crippen LogP) is 2.78. The van der Waals surface area contributed by atoms with Gasteiger partial charge in [-0.15, -0.1) is 0 Å². The van der Waals surface area contributed by atoms with Crippen LogP contribution in [0.2, 0.25) is 0 Å². The third-order valence-electron chi connectivity index (χ3n) is 3.08. The third-order valence-corrected chi connectivity index (χ3v) is 4.29. The molecule has 0 bridgehead atoms. The van der Waals surface area contributed by atoms with Gasteiger partial charge in [-0.25, -0.2) is 0 Å². The smallest absolute Gasteiger partial charge is 0.161 e. The molecule has 0 radical (unpaired) electrons. The Hall–Kier alpha value is -0.870. The Morgan fingerprint density at radius 2 is 2.39 bits per heavy atom. The van der Waals surface area contributed by atoms with Crippen molar-refractivity contribution in [2.24, 2.45) is 0 Å². The summed E-state index contributed by atoms with van der Waals surface area (Å²) < 4.78 is 5.39. The van der Waals surface area contributed by atoms with E-state index in [0.29, 0.717) is 18.4 Å². The van der Waals surface area contributed by atoms with Crippen LogP contribution in [0.25, 0.3) is 0 Å². The van der Waals surface area contributed by atoms with Gasteiger partial charge in [0.05, 0.1) is 6.61 Å². The first-order chi connectivity index (χ1) is 8.79. The van der Waals surface area contributed by atoms with Crippen LogP contribution in [0.5, 0.6) is 11.5 Å². The van der Waals surface area contributed by atoms with Crippen LogP contribution < -0.4 is 10.1 Å². The lowest BCUT2D eigenvalue weighted by molar-refractivity contribution is 0.317. The first-order valence-corrected chi connectivity index (χ1v) is 7.71. The average molecular weight is 267 g/mol. The van der Waals surface area contributed by atoms with Gasteiger partial charge in [-0.2, -0.15) is 11.8 Å². The summed E-state index contributed by atoms with van der Waals surface area (Å²) in [5.41, 5.74) is 1.16. The number of nitrogens with one attached hydrogen (secondary N) is 1. The Kier molecular flexibility index (Phi) is 5.20. The maximum absolute atomic E-state index is 9.63. The molecule has 2 N–H and O–H groups in total. The van der Waals surface area contributed by atoms with Crippen molar-refractivity contribution in [3.8, 4) is 11.5 Å². The SMILES string of the molecule is CCOc1cc(CNC2CCCSC2)ccc1O. The number of hydrogen-bond donors (Lipinski definition) is 2. The van der Waals surface area contributed by atoms with Gasteiger partial charge in [0.25, 0.3) is 0 Å². The van der Waals surface area contributed by atoms with E-state index >= 15 is 0 Å². The zero-order valence-electron chi connectivity index (χ0n) is 10.8. The van der Waals surface area contributed by atoms with E-state index in [4.69, 9.17) is 4.74 Å². The van der Waals surface area contributed by atoms with Crippen molar-refractivity contribution in [2.75, 3.05) is 18.1 Å². The maximum Gasteiger partial charge on any atom is 0.161 e. The van der Waals surface area contributed by atoms with E-state index < -0.39 is 0 Å². The minimum atomic E-state index is 0.217. The summed E-state index contributed by atoms with van der Waals surface area (Å²) in [5, 5.41) is 13.2. The Labute approximate surface area is 113 Å². The second-order valence-corrected chi connectivity index (χ2v) is 5.68. The van der Waals surface area contributed by atoms with E-state index in [2.05, 4.69) is 5.32 Å². The number of hydrogen-bond acceptors (Lipinski definition) is 4. The fourth-order valence-corrected chi connectivity index (χ4v) is 3.21. The van der Waals surface area contributed by atoms with Crippen LogP contribution in [0, 0.1) is 0 Å². The minimum absolute atomic E-state index is 0.217. The first-order valence-electron chi connectivity index (χ1n) is 6.55. The number of rotatable bonds is 5. The molecule has 1 saturated heterocycles. The molecule has 1 aliphatic heterocycles. The van der Waals surface area contributed by atoms with E-state index in [1.54, 1.807) is 6.07 Å². The first kappa shape index (κ1) is 13.6. The van der Waals surface area contributed by atoms with Gasteiger partial charge in [0, 0.05) is 18.3 Å². The molecule has 0 aliphatic carbocycles. The van der Waals surface area contributed by atoms with Gasteiger partial charge in [-0.3, -0.25) is 0 Å². The molecule has 1 atom stereocenters. The second-order valence-electron chi connectivity index (χ2n) is 4.53. The van der Waals surface area contributed by atoms with Crippen LogP contribution in [-0.2, 0) is 6.54 Å². The Morgan fingerprint density at radius 1 is 1.50 bits per heavy atom. The van der Waals surface area contributed by atoms with Gasteiger partial charge >= 0.3 is 0 Å². The van der Waals surface area contributed by atoms with Crippen molar-refractivity contribution < 1.29 is 9.84 Å². The summed E-state index contributed by atoms with van der Waals surface area (Å²) in [6.45, 7) is 3.33. The molecule has 0 spiro atoms. The topological polar surface area (TPSA) is 41.5 Å². The highest BCUT2D eigenvalue weighted by molar-refractivity contribution is 7.99. The van der Waals surface area contributed by atoms with Crippen molar-refractivity contribution in [3.05, 3.63) is 23.8 Å². The van der Waals surface area contributed by atoms with Crippen LogP contribution in [0.1, 0.15) is 25.3 Å². The van der Waals surface area contributed by atoms with Crippen LogP contribution in [0.3, 0.4) is 0 Å². The highest BCUT2D eigenvalue weighted by atomic mass is 32.2. The monoisotopic (exact) mass is 267 g/mol. The number of thioether (sulfide) groups is 1. The average Bonchev–Trinajstić information content (AvgIpc) is 2.41. The molecule has 100 valence electrons. The summed E-state index contributed by atoms with van der Waals surface area (Å²) >= 11 is 2.02. The molecule has 4 heteroatoms. The van der Waals surface area contributed by atoms with Crippen molar-refractivity contribution >= 4 is 11.8 Å². The van der Waals surface area contributed by atoms with Crippen molar-refractivity contribution in [2.45, 2.75) is 32.4 Å². The Balaban J connectivity index is 1.90. The molecule has 3 nitrogen and oxygen atoms in total. The summed E-state index contributed by atoms with van der Waals surface area (Å²) in [7, 11) is 0. The fraction of sp³-hybridized carbons (Fsp3) is 0.571. The molecule has 1 aromatic carbocycles. The van der Waals surface area contributed by atoms with E-state index in [-0.39, 0.29) is 5.75 Å². The van der Waals surface area contributed by atoms with Gasteiger partial charge in [-0.05, 0) is 43.2 Å². The number of phenolic OH excluding ortho intramolecular Hbond substituents is 1. The fourth-order valence-electron chi connectivity index (χ4n) is 2.10. The number of aromatic hydroxyl groups is 1. The normalized spacial score (nSPS) is 19.7. The molecule has 2 rings (SSSR count). The van der Waals surface area contributed by atoms with Crippen LogP contribution in [-0.4, -0.2) is 29.3 Å². The summed E-state index contributed by atoms with van der Waals surface area (Å²) in [5.74, 6) is 3.30. The number of benzene rings is 1. The zero-order valence-corrected chi connectivity index (χ0v) is 11.6.